The van der Waals surface area contributed by atoms with Gasteiger partial charge in [0, 0.05) is 6.54 Å². The Morgan fingerprint density at radius 2 is 1.87 bits per heavy atom. The van der Waals surface area contributed by atoms with Crippen LogP contribution in [-0.4, -0.2) is 29.1 Å². The van der Waals surface area contributed by atoms with Crippen LogP contribution < -0.4 is 5.32 Å². The first-order valence-electron chi connectivity index (χ1n) is 5.27. The Kier molecular flexibility index (Phi) is 5.47. The lowest BCUT2D eigenvalue weighted by Crippen LogP contribution is -2.44. The Bertz CT molecular complexity index is 234. The lowest BCUT2D eigenvalue weighted by Gasteiger charge is -2.31. The molecule has 0 fully saturated rings. The van der Waals surface area contributed by atoms with Gasteiger partial charge in [0.2, 0.25) is 5.91 Å². The third-order valence-electron chi connectivity index (χ3n) is 1.79. The summed E-state index contributed by atoms with van der Waals surface area (Å²) in [6.07, 6.45) is 1.30. The lowest BCUT2D eigenvalue weighted by atomic mass is 10.6. The largest absolute Gasteiger partial charge is 0.456 e. The second kappa shape index (κ2) is 5.62. The average molecular weight is 245 g/mol. The summed E-state index contributed by atoms with van der Waals surface area (Å²) >= 11 is 0. The van der Waals surface area contributed by atoms with Crippen LogP contribution >= 0.6 is 0 Å². The van der Waals surface area contributed by atoms with Gasteiger partial charge in [-0.25, -0.2) is 0 Å². The van der Waals surface area contributed by atoms with Crippen molar-refractivity contribution in [3.63, 3.8) is 0 Å². The summed E-state index contributed by atoms with van der Waals surface area (Å²) in [5.74, 6) is -0.104. The summed E-state index contributed by atoms with van der Waals surface area (Å²) in [5, 5.41) is 2.79. The van der Waals surface area contributed by atoms with E-state index < -0.39 is 16.6 Å². The normalized spacial score (nSPS) is 12.3. The minimum Gasteiger partial charge on any atom is -0.456 e. The zero-order valence-corrected chi connectivity index (χ0v) is 12.5. The molecule has 0 radical (unpaired) electrons. The second-order valence-corrected chi connectivity index (χ2v) is 14.3. The highest BCUT2D eigenvalue weighted by Gasteiger charge is 2.28. The molecule has 0 spiro atoms. The monoisotopic (exact) mass is 245 g/mol. The minimum absolute atomic E-state index is 0.104. The molecular formula is C10H23NO2Si2. The predicted molar refractivity (Wildman–Crippen MR) is 69.9 cm³/mol. The number of hydrogen-bond donors (Lipinski definition) is 1. The van der Waals surface area contributed by atoms with Crippen molar-refractivity contribution in [2.45, 2.75) is 38.8 Å². The third kappa shape index (κ3) is 8.59. The van der Waals surface area contributed by atoms with Crippen LogP contribution in [0.1, 0.15) is 0 Å². The fraction of sp³-hybridized carbons (Fsp3) is 0.700. The van der Waals surface area contributed by atoms with Crippen LogP contribution in [0.3, 0.4) is 0 Å². The predicted octanol–water partition coefficient (Wildman–Crippen LogP) is 2.35. The average Bonchev–Trinajstić information content (AvgIpc) is 1.98. The molecule has 1 N–H and O–H groups in total. The van der Waals surface area contributed by atoms with E-state index in [1.165, 1.54) is 6.08 Å². The van der Waals surface area contributed by atoms with Gasteiger partial charge in [0.15, 0.2) is 16.6 Å². The van der Waals surface area contributed by atoms with E-state index in [4.69, 9.17) is 4.12 Å². The van der Waals surface area contributed by atoms with Crippen LogP contribution in [-0.2, 0) is 8.91 Å². The Morgan fingerprint density at radius 1 is 1.33 bits per heavy atom. The molecule has 5 heteroatoms. The smallest absolute Gasteiger partial charge is 0.243 e. The van der Waals surface area contributed by atoms with Gasteiger partial charge in [-0.3, -0.25) is 4.79 Å². The minimum atomic E-state index is -1.61. The van der Waals surface area contributed by atoms with Crippen molar-refractivity contribution in [1.29, 1.82) is 0 Å². The summed E-state index contributed by atoms with van der Waals surface area (Å²) in [6.45, 7) is 15.1. The molecule has 88 valence electrons. The Balaban J connectivity index is 3.94. The van der Waals surface area contributed by atoms with Crippen molar-refractivity contribution < 1.29 is 8.91 Å². The molecule has 0 rings (SSSR count). The van der Waals surface area contributed by atoms with E-state index in [1.807, 2.05) is 0 Å². The maximum Gasteiger partial charge on any atom is 0.243 e. The van der Waals surface area contributed by atoms with E-state index in [9.17, 15) is 4.79 Å². The fourth-order valence-electron chi connectivity index (χ4n) is 1.44. The molecule has 15 heavy (non-hydrogen) atoms. The quantitative estimate of drug-likeness (QED) is 0.576. The van der Waals surface area contributed by atoms with Gasteiger partial charge < -0.3 is 9.43 Å². The van der Waals surface area contributed by atoms with E-state index in [2.05, 4.69) is 44.6 Å². The molecule has 0 aliphatic rings. The molecule has 0 aromatic carbocycles. The van der Waals surface area contributed by atoms with Gasteiger partial charge in [-0.1, -0.05) is 6.58 Å². The van der Waals surface area contributed by atoms with Crippen LogP contribution in [0, 0.1) is 0 Å². The van der Waals surface area contributed by atoms with Crippen LogP contribution in [0.25, 0.3) is 0 Å². The molecule has 0 saturated carbocycles. The first kappa shape index (κ1) is 14.6. The molecule has 0 heterocycles. The van der Waals surface area contributed by atoms with E-state index in [0.717, 1.165) is 6.04 Å². The molecule has 0 aliphatic carbocycles. The maximum atomic E-state index is 10.9. The fourth-order valence-corrected chi connectivity index (χ4v) is 9.21. The number of hydrogen-bond acceptors (Lipinski definition) is 2. The van der Waals surface area contributed by atoms with E-state index in [-0.39, 0.29) is 5.91 Å². The Hall–Kier alpha value is -0.396. The summed E-state index contributed by atoms with van der Waals surface area (Å²) in [6, 6.07) is 0.955. The van der Waals surface area contributed by atoms with Gasteiger partial charge in [0.25, 0.3) is 0 Å². The molecule has 0 aliphatic heterocycles. The summed E-state index contributed by atoms with van der Waals surface area (Å²) in [5.41, 5.74) is 0. The van der Waals surface area contributed by atoms with Crippen molar-refractivity contribution in [3.8, 4) is 0 Å². The summed E-state index contributed by atoms with van der Waals surface area (Å²) < 4.78 is 6.14. The third-order valence-corrected chi connectivity index (χ3v) is 7.91. The number of carbonyl (C=O) groups excluding carboxylic acids is 1. The van der Waals surface area contributed by atoms with Crippen molar-refractivity contribution in [3.05, 3.63) is 12.7 Å². The highest BCUT2D eigenvalue weighted by atomic mass is 28.4. The van der Waals surface area contributed by atoms with Crippen LogP contribution in [0.15, 0.2) is 12.7 Å². The molecule has 0 aromatic rings. The number of carbonyl (C=O) groups is 1. The number of amides is 1. The van der Waals surface area contributed by atoms with Crippen molar-refractivity contribution >= 4 is 22.5 Å². The first-order chi connectivity index (χ1) is 6.66. The molecular weight excluding hydrogens is 222 g/mol. The Labute approximate surface area is 95.2 Å². The van der Waals surface area contributed by atoms with E-state index in [0.29, 0.717) is 6.54 Å². The van der Waals surface area contributed by atoms with Gasteiger partial charge in [-0.05, 0) is 44.9 Å². The van der Waals surface area contributed by atoms with Crippen LogP contribution in [0.4, 0.5) is 0 Å². The first-order valence-corrected chi connectivity index (χ1v) is 11.8. The van der Waals surface area contributed by atoms with Crippen molar-refractivity contribution in [2.24, 2.45) is 0 Å². The molecule has 3 nitrogen and oxygen atoms in total. The highest BCUT2D eigenvalue weighted by Crippen LogP contribution is 2.17. The molecule has 0 atom stereocenters. The van der Waals surface area contributed by atoms with Gasteiger partial charge in [0.05, 0.1) is 0 Å². The Morgan fingerprint density at radius 3 is 2.27 bits per heavy atom. The van der Waals surface area contributed by atoms with Crippen molar-refractivity contribution in [2.75, 3.05) is 6.54 Å². The van der Waals surface area contributed by atoms with Crippen LogP contribution in [0.5, 0.6) is 0 Å². The standard InChI is InChI=1S/C10H23NO2Si2/c1-7-10(12)11-8-9-15(5,6)13-14(2,3)4/h7H,1,8-9H2,2-6H3,(H,11,12). The summed E-state index contributed by atoms with van der Waals surface area (Å²) in [7, 11) is -3.05. The zero-order chi connectivity index (χ0) is 12.1. The van der Waals surface area contributed by atoms with Gasteiger partial charge in [-0.2, -0.15) is 0 Å². The topological polar surface area (TPSA) is 38.3 Å². The van der Waals surface area contributed by atoms with Crippen LogP contribution in [0.2, 0.25) is 38.8 Å². The molecule has 1 amide bonds. The highest BCUT2D eigenvalue weighted by molar-refractivity contribution is 6.84. The van der Waals surface area contributed by atoms with E-state index in [1.54, 1.807) is 0 Å². The lowest BCUT2D eigenvalue weighted by molar-refractivity contribution is -0.116. The molecule has 0 bridgehead atoms. The second-order valence-electron chi connectivity index (χ2n) is 5.22. The van der Waals surface area contributed by atoms with E-state index >= 15 is 0 Å². The molecule has 0 aromatic heterocycles. The summed E-state index contributed by atoms with van der Waals surface area (Å²) in [4.78, 5) is 10.9. The van der Waals surface area contributed by atoms with Crippen molar-refractivity contribution in [1.82, 2.24) is 5.32 Å². The van der Waals surface area contributed by atoms with Gasteiger partial charge in [0.1, 0.15) is 0 Å². The van der Waals surface area contributed by atoms with Gasteiger partial charge in [-0.15, -0.1) is 0 Å². The molecule has 0 unspecified atom stereocenters. The SMILES string of the molecule is C=CC(=O)NCC[Si](C)(C)O[Si](C)(C)C. The molecule has 0 saturated heterocycles. The number of nitrogens with one attached hydrogen (secondary N) is 1. The number of rotatable bonds is 6. The zero-order valence-electron chi connectivity index (χ0n) is 10.5. The van der Waals surface area contributed by atoms with Gasteiger partial charge >= 0.3 is 0 Å². The maximum absolute atomic E-state index is 10.9.